The molecule has 0 amide bonds. The van der Waals surface area contributed by atoms with Crippen LogP contribution in [0.1, 0.15) is 11.6 Å². The van der Waals surface area contributed by atoms with Crippen LogP contribution in [0.15, 0.2) is 24.7 Å². The normalized spacial score (nSPS) is 12.7. The molecule has 2 heterocycles. The van der Waals surface area contributed by atoms with Crippen LogP contribution >= 0.6 is 0 Å². The van der Waals surface area contributed by atoms with Crippen LogP contribution in [0.5, 0.6) is 0 Å². The molecule has 2 rings (SSSR count). The summed E-state index contributed by atoms with van der Waals surface area (Å²) in [5.74, 6) is 0.605. The Hall–Kier alpha value is -1.86. The Morgan fingerprint density at radius 3 is 2.87 bits per heavy atom. The molecule has 0 bridgehead atoms. The molecule has 0 radical (unpaired) electrons. The molecule has 0 aliphatic rings. The van der Waals surface area contributed by atoms with Crippen LogP contribution in [0.4, 0.5) is 0 Å². The predicted molar refractivity (Wildman–Crippen MR) is 51.0 cm³/mol. The van der Waals surface area contributed by atoms with Gasteiger partial charge in [0.2, 0.25) is 0 Å². The molecule has 2 aromatic rings. The van der Waals surface area contributed by atoms with E-state index in [9.17, 15) is 0 Å². The monoisotopic (exact) mass is 206 g/mol. The second kappa shape index (κ2) is 4.11. The number of nitrogens with two attached hydrogens (primary N) is 1. The molecule has 0 unspecified atom stereocenters. The maximum absolute atomic E-state index is 8.85. The Morgan fingerprint density at radius 2 is 2.33 bits per heavy atom. The highest BCUT2D eigenvalue weighted by atomic mass is 16.3. The molecule has 7 nitrogen and oxygen atoms in total. The van der Waals surface area contributed by atoms with E-state index < -0.39 is 6.04 Å². The van der Waals surface area contributed by atoms with Gasteiger partial charge in [0.15, 0.2) is 5.82 Å². The van der Waals surface area contributed by atoms with E-state index in [2.05, 4.69) is 20.5 Å². The van der Waals surface area contributed by atoms with Crippen molar-refractivity contribution in [3.05, 3.63) is 30.2 Å². The number of aliphatic hydroxyl groups excluding tert-OH is 1. The predicted octanol–water partition coefficient (Wildman–Crippen LogP) is -0.951. The first-order valence-electron chi connectivity index (χ1n) is 4.37. The minimum absolute atomic E-state index is 0.105. The average Bonchev–Trinajstić information content (AvgIpc) is 2.82. The molecule has 7 heteroatoms. The van der Waals surface area contributed by atoms with Crippen molar-refractivity contribution in [2.24, 2.45) is 5.73 Å². The molecule has 78 valence electrons. The molecule has 0 spiro atoms. The van der Waals surface area contributed by atoms with E-state index in [0.717, 1.165) is 5.56 Å². The van der Waals surface area contributed by atoms with Gasteiger partial charge >= 0.3 is 0 Å². The van der Waals surface area contributed by atoms with Gasteiger partial charge in [-0.05, 0) is 22.1 Å². The highest BCUT2D eigenvalue weighted by Gasteiger charge is 2.05. The van der Waals surface area contributed by atoms with Crippen LogP contribution in [0.25, 0.3) is 5.82 Å². The highest BCUT2D eigenvalue weighted by Crippen LogP contribution is 2.09. The van der Waals surface area contributed by atoms with Crippen molar-refractivity contribution in [2.45, 2.75) is 6.04 Å². The molecule has 3 N–H and O–H groups in total. The van der Waals surface area contributed by atoms with Crippen molar-refractivity contribution in [1.29, 1.82) is 0 Å². The fourth-order valence-corrected chi connectivity index (χ4v) is 1.12. The lowest BCUT2D eigenvalue weighted by Gasteiger charge is -2.07. The van der Waals surface area contributed by atoms with Gasteiger partial charge in [-0.25, -0.2) is 4.98 Å². The smallest absolute Gasteiger partial charge is 0.156 e. The summed E-state index contributed by atoms with van der Waals surface area (Å²) in [6.45, 7) is -0.105. The van der Waals surface area contributed by atoms with E-state index in [1.165, 1.54) is 11.0 Å². The fraction of sp³-hybridized carbons (Fsp3) is 0.250. The van der Waals surface area contributed by atoms with Crippen molar-refractivity contribution in [2.75, 3.05) is 6.61 Å². The highest BCUT2D eigenvalue weighted by molar-refractivity contribution is 5.25. The zero-order valence-corrected chi connectivity index (χ0v) is 7.85. The van der Waals surface area contributed by atoms with Gasteiger partial charge < -0.3 is 10.8 Å². The lowest BCUT2D eigenvalue weighted by atomic mass is 10.1. The lowest BCUT2D eigenvalue weighted by Crippen LogP contribution is -2.14. The second-order valence-electron chi connectivity index (χ2n) is 2.99. The van der Waals surface area contributed by atoms with Gasteiger partial charge in [-0.2, -0.15) is 4.68 Å². The summed E-state index contributed by atoms with van der Waals surface area (Å²) >= 11 is 0. The van der Waals surface area contributed by atoms with E-state index in [4.69, 9.17) is 10.8 Å². The van der Waals surface area contributed by atoms with E-state index >= 15 is 0 Å². The Balaban J connectivity index is 2.25. The van der Waals surface area contributed by atoms with E-state index in [1.54, 1.807) is 18.3 Å². The third kappa shape index (κ3) is 1.97. The van der Waals surface area contributed by atoms with Crippen LogP contribution in [0.3, 0.4) is 0 Å². The molecule has 1 atom stereocenters. The molecule has 15 heavy (non-hydrogen) atoms. The third-order valence-corrected chi connectivity index (χ3v) is 1.98. The molecule has 0 saturated carbocycles. The number of pyridine rings is 1. The summed E-state index contributed by atoms with van der Waals surface area (Å²) in [5, 5.41) is 19.5. The van der Waals surface area contributed by atoms with E-state index in [-0.39, 0.29) is 6.61 Å². The van der Waals surface area contributed by atoms with E-state index in [1.807, 2.05) is 0 Å². The standard InChI is InChI=1S/C8H10N6O/c9-7(4-15)6-1-2-8(10-3-6)14-5-11-12-13-14/h1-3,5,7,15H,4,9H2/t7-/m0/s1. The number of rotatable bonds is 3. The number of aliphatic hydroxyl groups is 1. The molecule has 0 aliphatic heterocycles. The quantitative estimate of drug-likeness (QED) is 0.671. The number of hydrogen-bond acceptors (Lipinski definition) is 6. The van der Waals surface area contributed by atoms with Crippen LogP contribution in [-0.2, 0) is 0 Å². The van der Waals surface area contributed by atoms with Gasteiger partial charge in [0.1, 0.15) is 6.33 Å². The molecular weight excluding hydrogens is 196 g/mol. The lowest BCUT2D eigenvalue weighted by molar-refractivity contribution is 0.268. The van der Waals surface area contributed by atoms with E-state index in [0.29, 0.717) is 5.82 Å². The van der Waals surface area contributed by atoms with Crippen molar-refractivity contribution in [1.82, 2.24) is 25.2 Å². The Bertz CT molecular complexity index is 411. The van der Waals surface area contributed by atoms with Crippen LogP contribution in [-0.4, -0.2) is 36.9 Å². The molecule has 0 aliphatic carbocycles. The van der Waals surface area contributed by atoms with Crippen LogP contribution in [0, 0.1) is 0 Å². The maximum atomic E-state index is 8.85. The van der Waals surface area contributed by atoms with Gasteiger partial charge in [0.25, 0.3) is 0 Å². The minimum Gasteiger partial charge on any atom is -0.394 e. The number of tetrazole rings is 1. The van der Waals surface area contributed by atoms with Crippen molar-refractivity contribution in [3.63, 3.8) is 0 Å². The molecule has 0 aromatic carbocycles. The minimum atomic E-state index is -0.402. The summed E-state index contributed by atoms with van der Waals surface area (Å²) in [5.41, 5.74) is 6.40. The topological polar surface area (TPSA) is 103 Å². The maximum Gasteiger partial charge on any atom is 0.156 e. The van der Waals surface area contributed by atoms with Gasteiger partial charge in [-0.1, -0.05) is 6.07 Å². The fourth-order valence-electron chi connectivity index (χ4n) is 1.12. The number of nitrogens with zero attached hydrogens (tertiary/aromatic N) is 5. The second-order valence-corrected chi connectivity index (χ2v) is 2.99. The summed E-state index contributed by atoms with van der Waals surface area (Å²) in [6, 6.07) is 3.12. The van der Waals surface area contributed by atoms with Crippen LogP contribution < -0.4 is 5.73 Å². The molecule has 0 saturated heterocycles. The first-order valence-corrected chi connectivity index (χ1v) is 4.37. The van der Waals surface area contributed by atoms with Crippen molar-refractivity contribution in [3.8, 4) is 5.82 Å². The Kier molecular flexibility index (Phi) is 2.66. The molecule has 2 aromatic heterocycles. The molecular formula is C8H10N6O. The first-order chi connectivity index (χ1) is 7.31. The van der Waals surface area contributed by atoms with Crippen LogP contribution in [0.2, 0.25) is 0 Å². The largest absolute Gasteiger partial charge is 0.394 e. The van der Waals surface area contributed by atoms with Gasteiger partial charge in [-0.3, -0.25) is 0 Å². The zero-order chi connectivity index (χ0) is 10.7. The summed E-state index contributed by atoms with van der Waals surface area (Å²) in [7, 11) is 0. The average molecular weight is 206 g/mol. The first kappa shape index (κ1) is 9.69. The SMILES string of the molecule is N[C@@H](CO)c1ccc(-n2cnnn2)nc1. The summed E-state index contributed by atoms with van der Waals surface area (Å²) in [6.07, 6.45) is 3.05. The zero-order valence-electron chi connectivity index (χ0n) is 7.85. The van der Waals surface area contributed by atoms with Gasteiger partial charge in [0.05, 0.1) is 12.6 Å². The van der Waals surface area contributed by atoms with Gasteiger partial charge in [-0.15, -0.1) is 5.10 Å². The summed E-state index contributed by atoms with van der Waals surface area (Å²) < 4.78 is 1.44. The van der Waals surface area contributed by atoms with Crippen molar-refractivity contribution < 1.29 is 5.11 Å². The van der Waals surface area contributed by atoms with Gasteiger partial charge in [0, 0.05) is 6.20 Å². The summed E-state index contributed by atoms with van der Waals surface area (Å²) in [4.78, 5) is 4.12. The molecule has 0 fully saturated rings. The number of aromatic nitrogens is 5. The Morgan fingerprint density at radius 1 is 1.47 bits per heavy atom. The third-order valence-electron chi connectivity index (χ3n) is 1.98. The Labute approximate surface area is 85.6 Å². The van der Waals surface area contributed by atoms with Crippen molar-refractivity contribution >= 4 is 0 Å². The number of hydrogen-bond donors (Lipinski definition) is 2.